The third-order valence-electron chi connectivity index (χ3n) is 7.34. The Morgan fingerprint density at radius 3 is 2.61 bits per heavy atom. The van der Waals surface area contributed by atoms with Gasteiger partial charge in [0, 0.05) is 29.4 Å². The fraction of sp³-hybridized carbons (Fsp3) is 0.458. The van der Waals surface area contributed by atoms with Gasteiger partial charge in [-0.2, -0.15) is 0 Å². The fourth-order valence-corrected chi connectivity index (χ4v) is 7.37. The summed E-state index contributed by atoms with van der Waals surface area (Å²) in [6, 6.07) is 8.90. The van der Waals surface area contributed by atoms with Crippen LogP contribution in [0.2, 0.25) is 0 Å². The zero-order valence-corrected chi connectivity index (χ0v) is 19.6. The molecular formula is C24H27N3O5S. The quantitative estimate of drug-likeness (QED) is 0.546. The first-order chi connectivity index (χ1) is 15.6. The fourth-order valence-electron chi connectivity index (χ4n) is 5.67. The van der Waals surface area contributed by atoms with E-state index in [2.05, 4.69) is 5.32 Å². The van der Waals surface area contributed by atoms with E-state index in [4.69, 9.17) is 0 Å². The number of fused-ring (bicyclic) bond motifs is 1. The van der Waals surface area contributed by atoms with Gasteiger partial charge in [0.05, 0.1) is 18.1 Å². The molecule has 2 atom stereocenters. The average molecular weight is 470 g/mol. The number of rotatable bonds is 4. The van der Waals surface area contributed by atoms with Crippen molar-refractivity contribution in [2.45, 2.75) is 51.1 Å². The lowest BCUT2D eigenvalue weighted by molar-refractivity contribution is -0.131. The number of ketones is 1. The van der Waals surface area contributed by atoms with Crippen molar-refractivity contribution in [1.29, 1.82) is 0 Å². The monoisotopic (exact) mass is 469 g/mol. The Hall–Kier alpha value is -2.94. The Morgan fingerprint density at radius 2 is 1.91 bits per heavy atom. The number of carbonyl (C=O) groups is 3. The van der Waals surface area contributed by atoms with Crippen molar-refractivity contribution in [1.82, 2.24) is 14.8 Å². The number of sulfone groups is 1. The van der Waals surface area contributed by atoms with Gasteiger partial charge in [0.2, 0.25) is 0 Å². The molecule has 3 amide bonds. The van der Waals surface area contributed by atoms with Crippen molar-refractivity contribution in [2.24, 2.45) is 0 Å². The molecule has 1 spiro atoms. The molecule has 9 heteroatoms. The normalized spacial score (nSPS) is 26.0. The number of nitrogens with zero attached hydrogens (tertiary/aromatic N) is 2. The van der Waals surface area contributed by atoms with Crippen LogP contribution in [0, 0.1) is 13.8 Å². The molecule has 1 N–H and O–H groups in total. The topological polar surface area (TPSA) is 106 Å². The van der Waals surface area contributed by atoms with Crippen LogP contribution in [0.1, 0.15) is 51.8 Å². The molecule has 174 valence electrons. The summed E-state index contributed by atoms with van der Waals surface area (Å²) in [7, 11) is -3.07. The summed E-state index contributed by atoms with van der Waals surface area (Å²) in [5, 5.41) is 2.87. The number of hydrogen-bond donors (Lipinski definition) is 1. The van der Waals surface area contributed by atoms with E-state index in [-0.39, 0.29) is 35.8 Å². The van der Waals surface area contributed by atoms with Crippen LogP contribution in [0.25, 0.3) is 0 Å². The van der Waals surface area contributed by atoms with E-state index in [0.29, 0.717) is 36.9 Å². The molecule has 0 radical (unpaired) electrons. The van der Waals surface area contributed by atoms with Gasteiger partial charge in [-0.25, -0.2) is 13.2 Å². The molecule has 3 heterocycles. The van der Waals surface area contributed by atoms with Crippen LogP contribution in [-0.4, -0.2) is 59.2 Å². The summed E-state index contributed by atoms with van der Waals surface area (Å²) in [5.41, 5.74) is 3.12. The molecule has 8 nitrogen and oxygen atoms in total. The van der Waals surface area contributed by atoms with E-state index in [1.807, 2.05) is 35.8 Å². The van der Waals surface area contributed by atoms with E-state index in [1.54, 1.807) is 13.0 Å². The molecule has 1 aromatic carbocycles. The molecular weight excluding hydrogens is 442 g/mol. The van der Waals surface area contributed by atoms with Gasteiger partial charge in [-0.3, -0.25) is 14.5 Å². The maximum Gasteiger partial charge on any atom is 0.325 e. The minimum atomic E-state index is -3.07. The average Bonchev–Trinajstić information content (AvgIpc) is 3.35. The highest BCUT2D eigenvalue weighted by molar-refractivity contribution is 7.91. The molecule has 0 bridgehead atoms. The predicted molar refractivity (Wildman–Crippen MR) is 122 cm³/mol. The second-order valence-electron chi connectivity index (χ2n) is 9.48. The zero-order valence-electron chi connectivity index (χ0n) is 18.8. The number of aromatic nitrogens is 1. The van der Waals surface area contributed by atoms with E-state index in [1.165, 1.54) is 5.56 Å². The Labute approximate surface area is 192 Å². The first kappa shape index (κ1) is 21.9. The van der Waals surface area contributed by atoms with Crippen LogP contribution in [0.5, 0.6) is 0 Å². The number of aryl methyl sites for hydroxylation is 2. The summed E-state index contributed by atoms with van der Waals surface area (Å²) in [4.78, 5) is 40.3. The van der Waals surface area contributed by atoms with Gasteiger partial charge in [0.25, 0.3) is 5.91 Å². The van der Waals surface area contributed by atoms with E-state index in [0.717, 1.165) is 16.2 Å². The highest BCUT2D eigenvalue weighted by Crippen LogP contribution is 2.34. The molecule has 0 saturated carbocycles. The smallest absolute Gasteiger partial charge is 0.325 e. The highest BCUT2D eigenvalue weighted by atomic mass is 32.2. The summed E-state index contributed by atoms with van der Waals surface area (Å²) in [6.07, 6.45) is 2.13. The molecule has 2 aliphatic heterocycles. The number of nitrogens with one attached hydrogen (secondary N) is 1. The van der Waals surface area contributed by atoms with Crippen molar-refractivity contribution >= 4 is 27.6 Å². The Kier molecular flexibility index (Phi) is 5.00. The minimum Gasteiger partial charge on any atom is -0.344 e. The molecule has 1 aliphatic carbocycles. The number of amides is 3. The van der Waals surface area contributed by atoms with Crippen LogP contribution in [-0.2, 0) is 27.5 Å². The lowest BCUT2D eigenvalue weighted by atomic mass is 9.78. The molecule has 1 aromatic heterocycles. The minimum absolute atomic E-state index is 0.0635. The van der Waals surface area contributed by atoms with E-state index >= 15 is 0 Å². The van der Waals surface area contributed by atoms with E-state index < -0.39 is 21.4 Å². The van der Waals surface area contributed by atoms with Crippen molar-refractivity contribution < 1.29 is 22.8 Å². The van der Waals surface area contributed by atoms with Crippen LogP contribution >= 0.6 is 0 Å². The lowest BCUT2D eigenvalue weighted by Crippen LogP contribution is -2.51. The Bertz CT molecular complexity index is 1300. The molecule has 2 unspecified atom stereocenters. The lowest BCUT2D eigenvalue weighted by Gasteiger charge is -2.32. The number of imide groups is 1. The summed E-state index contributed by atoms with van der Waals surface area (Å²) < 4.78 is 25.8. The molecule has 33 heavy (non-hydrogen) atoms. The first-order valence-electron chi connectivity index (χ1n) is 11.2. The summed E-state index contributed by atoms with van der Waals surface area (Å²) in [5.74, 6) is -0.474. The van der Waals surface area contributed by atoms with Gasteiger partial charge in [-0.1, -0.05) is 24.3 Å². The van der Waals surface area contributed by atoms with E-state index in [9.17, 15) is 22.8 Å². The van der Waals surface area contributed by atoms with Crippen molar-refractivity contribution in [3.8, 4) is 0 Å². The van der Waals surface area contributed by atoms with Crippen molar-refractivity contribution in [2.75, 3.05) is 18.1 Å². The first-order valence-corrected chi connectivity index (χ1v) is 13.1. The number of hydrogen-bond acceptors (Lipinski definition) is 5. The highest BCUT2D eigenvalue weighted by Gasteiger charge is 2.52. The SMILES string of the molecule is Cc1cc(C(=O)CN2C(=O)NC3(CCc4ccccc4C3)C2=O)c(C)n1C1CCS(=O)(=O)C1. The Morgan fingerprint density at radius 1 is 1.18 bits per heavy atom. The van der Waals surface area contributed by atoms with Crippen LogP contribution in [0.15, 0.2) is 30.3 Å². The maximum absolute atomic E-state index is 13.3. The molecule has 2 aromatic rings. The molecule has 2 saturated heterocycles. The number of Topliss-reactive ketones (excluding diaryl/α,β-unsaturated/α-hetero) is 1. The van der Waals surface area contributed by atoms with Gasteiger partial charge in [-0.05, 0) is 50.3 Å². The largest absolute Gasteiger partial charge is 0.344 e. The number of benzene rings is 1. The third-order valence-corrected chi connectivity index (χ3v) is 9.09. The van der Waals surface area contributed by atoms with Crippen LogP contribution in [0.3, 0.4) is 0 Å². The molecule has 2 fully saturated rings. The zero-order chi connectivity index (χ0) is 23.5. The van der Waals surface area contributed by atoms with Gasteiger partial charge >= 0.3 is 6.03 Å². The maximum atomic E-state index is 13.3. The van der Waals surface area contributed by atoms with Gasteiger partial charge in [0.1, 0.15) is 5.54 Å². The number of urea groups is 1. The van der Waals surface area contributed by atoms with Gasteiger partial charge in [0.15, 0.2) is 15.6 Å². The molecule has 5 rings (SSSR count). The standard InChI is InChI=1S/C24H27N3O5S/c1-15-11-20(16(2)27(15)19-8-10-33(31,32)14-19)21(28)13-26-22(29)24(25-23(26)30)9-7-17-5-3-4-6-18(17)12-24/h3-6,11,19H,7-10,12-14H2,1-2H3,(H,25,30). The van der Waals surface area contributed by atoms with Crippen molar-refractivity contribution in [3.05, 3.63) is 58.4 Å². The molecule has 3 aliphatic rings. The van der Waals surface area contributed by atoms with Gasteiger partial charge < -0.3 is 9.88 Å². The number of carbonyl (C=O) groups excluding carboxylic acids is 3. The third kappa shape index (κ3) is 3.58. The van der Waals surface area contributed by atoms with Crippen LogP contribution in [0.4, 0.5) is 4.79 Å². The van der Waals surface area contributed by atoms with Gasteiger partial charge in [-0.15, -0.1) is 0 Å². The van der Waals surface area contributed by atoms with Crippen LogP contribution < -0.4 is 5.32 Å². The second-order valence-corrected chi connectivity index (χ2v) is 11.7. The summed E-state index contributed by atoms with van der Waals surface area (Å²) in [6.45, 7) is 3.30. The van der Waals surface area contributed by atoms with Crippen molar-refractivity contribution in [3.63, 3.8) is 0 Å². The summed E-state index contributed by atoms with van der Waals surface area (Å²) >= 11 is 0. The second kappa shape index (κ2) is 7.55. The Balaban J connectivity index is 1.36. The predicted octanol–water partition coefficient (Wildman–Crippen LogP) is 2.13.